The zero-order valence-corrected chi connectivity index (χ0v) is 19.3. The molecule has 6 heteroatoms. The maximum absolute atomic E-state index is 5.42. The maximum atomic E-state index is 5.42. The Morgan fingerprint density at radius 3 is 1.36 bits per heavy atom. The van der Waals surface area contributed by atoms with Crippen LogP contribution in [0.3, 0.4) is 0 Å². The van der Waals surface area contributed by atoms with Gasteiger partial charge in [0.1, 0.15) is 0 Å². The maximum Gasteiger partial charge on any atom is 2.00 e. The molecular formula is C16H39CoN3Si2. The van der Waals surface area contributed by atoms with E-state index in [1.807, 2.05) is 0 Å². The van der Waals surface area contributed by atoms with Crippen LogP contribution < -0.4 is 10.6 Å². The first kappa shape index (κ1) is 25.1. The molecule has 1 rings (SSSR count). The molecule has 4 unspecified atom stereocenters. The van der Waals surface area contributed by atoms with Crippen LogP contribution in [0.15, 0.2) is 0 Å². The third-order valence-electron chi connectivity index (χ3n) is 4.06. The second kappa shape index (κ2) is 9.96. The van der Waals surface area contributed by atoms with Gasteiger partial charge < -0.3 is 22.7 Å². The van der Waals surface area contributed by atoms with Gasteiger partial charge in [-0.15, -0.1) is 0 Å². The van der Waals surface area contributed by atoms with Gasteiger partial charge in [0.15, 0.2) is 0 Å². The summed E-state index contributed by atoms with van der Waals surface area (Å²) in [6, 6.07) is 4.87. The molecule has 0 aromatic carbocycles. The van der Waals surface area contributed by atoms with E-state index in [4.69, 9.17) is 4.65 Å². The van der Waals surface area contributed by atoms with Crippen LogP contribution in [0, 0.1) is 7.43 Å². The van der Waals surface area contributed by atoms with Crippen LogP contribution in [0.2, 0.25) is 38.3 Å². The van der Waals surface area contributed by atoms with Gasteiger partial charge in [0.25, 0.3) is 0 Å². The summed E-state index contributed by atoms with van der Waals surface area (Å²) >= 11 is 0. The summed E-state index contributed by atoms with van der Waals surface area (Å²) < 4.78 is 5.42. The first-order valence-corrected chi connectivity index (χ1v) is 14.6. The Hall–Kier alpha value is 0.820. The second-order valence-corrected chi connectivity index (χ2v) is 17.3. The number of nitrogens with zero attached hydrogens (tertiary/aromatic N) is 1. The summed E-state index contributed by atoms with van der Waals surface area (Å²) in [5.74, 6) is 0. The second-order valence-electron chi connectivity index (χ2n) is 8.32. The molecule has 2 N–H and O–H groups in total. The van der Waals surface area contributed by atoms with Crippen molar-refractivity contribution in [1.82, 2.24) is 10.6 Å². The molecule has 4 atom stereocenters. The molecule has 0 aromatic heterocycles. The van der Waals surface area contributed by atoms with Crippen LogP contribution in [0.4, 0.5) is 0 Å². The minimum Gasteiger partial charge on any atom is -0.667 e. The Morgan fingerprint density at radius 2 is 1.05 bits per heavy atom. The predicted octanol–water partition coefficient (Wildman–Crippen LogP) is 4.35. The number of rotatable bonds is 0. The first-order valence-electron chi connectivity index (χ1n) is 8.25. The molecule has 22 heavy (non-hydrogen) atoms. The van der Waals surface area contributed by atoms with Crippen molar-refractivity contribution in [3.05, 3.63) is 12.1 Å². The molecule has 135 valence electrons. The molecule has 3 nitrogen and oxygen atoms in total. The van der Waals surface area contributed by atoms with E-state index < -0.39 is 16.5 Å². The SMILES string of the molecule is CC1CC(C)NC(C)C[Si](C)(C)[N-][Si](C)(C)CC(C)N1.[CH3-].[Co+2]. The summed E-state index contributed by atoms with van der Waals surface area (Å²) in [6.07, 6.45) is 1.20. The van der Waals surface area contributed by atoms with Gasteiger partial charge in [0.2, 0.25) is 0 Å². The minimum atomic E-state index is -1.44. The van der Waals surface area contributed by atoms with E-state index in [0.717, 1.165) is 0 Å². The van der Waals surface area contributed by atoms with Crippen LogP contribution in [-0.4, -0.2) is 40.6 Å². The van der Waals surface area contributed by atoms with Crippen molar-refractivity contribution in [2.75, 3.05) is 0 Å². The molecule has 0 aromatic rings. The number of hydrogen-bond donors (Lipinski definition) is 2. The average Bonchev–Trinajstić information content (AvgIpc) is 2.08. The Labute approximate surface area is 152 Å². The van der Waals surface area contributed by atoms with Crippen LogP contribution in [0.5, 0.6) is 0 Å². The van der Waals surface area contributed by atoms with Crippen molar-refractivity contribution in [2.24, 2.45) is 0 Å². The van der Waals surface area contributed by atoms with Crippen LogP contribution in [-0.2, 0) is 16.8 Å². The Balaban J connectivity index is 0. The molecule has 1 aliphatic rings. The fourth-order valence-corrected chi connectivity index (χ4v) is 14.7. The van der Waals surface area contributed by atoms with Crippen molar-refractivity contribution in [2.45, 2.75) is 96.6 Å². The fraction of sp³-hybridized carbons (Fsp3) is 0.938. The van der Waals surface area contributed by atoms with Crippen molar-refractivity contribution in [3.8, 4) is 0 Å². The van der Waals surface area contributed by atoms with E-state index in [9.17, 15) is 0 Å². The van der Waals surface area contributed by atoms with Gasteiger partial charge in [0.05, 0.1) is 0 Å². The molecule has 0 aliphatic carbocycles. The first-order chi connectivity index (χ1) is 8.99. The van der Waals surface area contributed by atoms with Gasteiger partial charge in [-0.3, -0.25) is 0 Å². The summed E-state index contributed by atoms with van der Waals surface area (Å²) in [5.41, 5.74) is 0. The van der Waals surface area contributed by atoms with Gasteiger partial charge in [-0.05, 0) is 20.3 Å². The summed E-state index contributed by atoms with van der Waals surface area (Å²) in [4.78, 5) is 0. The predicted molar refractivity (Wildman–Crippen MR) is 103 cm³/mol. The molecular weight excluding hydrogens is 349 g/mol. The molecule has 1 saturated heterocycles. The zero-order valence-electron chi connectivity index (χ0n) is 16.2. The van der Waals surface area contributed by atoms with Crippen molar-refractivity contribution >= 4 is 16.5 Å². The molecule has 0 bridgehead atoms. The third-order valence-corrected chi connectivity index (χ3v) is 12.1. The Bertz CT molecular complexity index is 286. The average molecular weight is 389 g/mol. The van der Waals surface area contributed by atoms with Gasteiger partial charge in [0, 0.05) is 24.2 Å². The topological polar surface area (TPSA) is 38.2 Å². The number of hydrogen-bond acceptors (Lipinski definition) is 2. The van der Waals surface area contributed by atoms with Crippen molar-refractivity contribution in [3.63, 3.8) is 0 Å². The monoisotopic (exact) mass is 388 g/mol. The minimum absolute atomic E-state index is 0. The van der Waals surface area contributed by atoms with Crippen molar-refractivity contribution < 1.29 is 16.8 Å². The standard InChI is InChI=1S/C15H36N3Si2.CH3.Co/c1-12-9-13(2)17-15(4)11-20(7,8)18-19(5,6)10-14(3)16-12;;/h12-17H,9-11H2,1-8H3;1H3;/q2*-1;+2. The quantitative estimate of drug-likeness (QED) is 0.478. The number of nitrogens with one attached hydrogen (secondary N) is 2. The van der Waals surface area contributed by atoms with Crippen LogP contribution >= 0.6 is 0 Å². The van der Waals surface area contributed by atoms with Gasteiger partial charge in [-0.2, -0.15) is 0 Å². The van der Waals surface area contributed by atoms with E-state index in [2.05, 4.69) is 64.5 Å². The molecule has 0 saturated carbocycles. The van der Waals surface area contributed by atoms with Crippen molar-refractivity contribution in [1.29, 1.82) is 0 Å². The summed E-state index contributed by atoms with van der Waals surface area (Å²) in [6.45, 7) is 19.1. The van der Waals surface area contributed by atoms with Gasteiger partial charge >= 0.3 is 16.8 Å². The van der Waals surface area contributed by atoms with E-state index in [1.54, 1.807) is 0 Å². The van der Waals surface area contributed by atoms with E-state index in [1.165, 1.54) is 18.5 Å². The van der Waals surface area contributed by atoms with Crippen LogP contribution in [0.1, 0.15) is 34.1 Å². The Kier molecular flexibility index (Phi) is 11.3. The fourth-order valence-electron chi connectivity index (χ4n) is 4.16. The smallest absolute Gasteiger partial charge is 0.667 e. The normalized spacial score (nSPS) is 36.0. The van der Waals surface area contributed by atoms with E-state index in [-0.39, 0.29) is 24.2 Å². The third kappa shape index (κ3) is 9.85. The molecule has 0 amide bonds. The molecule has 1 fully saturated rings. The largest absolute Gasteiger partial charge is 2.00 e. The zero-order chi connectivity index (χ0) is 15.6. The molecule has 1 heterocycles. The summed E-state index contributed by atoms with van der Waals surface area (Å²) in [5, 5.41) is 7.55. The van der Waals surface area contributed by atoms with Crippen LogP contribution in [0.25, 0.3) is 4.65 Å². The summed E-state index contributed by atoms with van der Waals surface area (Å²) in [7, 11) is -2.89. The van der Waals surface area contributed by atoms with Gasteiger partial charge in [-0.1, -0.05) is 68.6 Å². The van der Waals surface area contributed by atoms with Gasteiger partial charge in [-0.25, -0.2) is 0 Å². The van der Waals surface area contributed by atoms with E-state index in [0.29, 0.717) is 24.2 Å². The van der Waals surface area contributed by atoms with E-state index >= 15 is 0 Å². The Morgan fingerprint density at radius 1 is 0.727 bits per heavy atom. The molecule has 1 aliphatic heterocycles. The molecule has 1 radical (unpaired) electrons. The molecule has 0 spiro atoms.